The summed E-state index contributed by atoms with van der Waals surface area (Å²) < 4.78 is 12.5. The van der Waals surface area contributed by atoms with Gasteiger partial charge in [-0.1, -0.05) is 5.16 Å². The first kappa shape index (κ1) is 12.6. The van der Waals surface area contributed by atoms with Crippen LogP contribution in [-0.4, -0.2) is 19.7 Å². The Hall–Kier alpha value is -2.41. The predicted octanol–water partition coefficient (Wildman–Crippen LogP) is 1.58. The van der Waals surface area contributed by atoms with E-state index in [0.717, 1.165) is 11.6 Å². The van der Waals surface area contributed by atoms with Gasteiger partial charge in [-0.15, -0.1) is 0 Å². The maximum Gasteiger partial charge on any atom is 0.240 e. The van der Waals surface area contributed by atoms with Crippen LogP contribution in [0.15, 0.2) is 39.7 Å². The molecule has 0 aromatic carbocycles. The fraction of sp³-hybridized carbons (Fsp3) is 0.308. The molecule has 0 amide bonds. The highest BCUT2D eigenvalue weighted by Gasteiger charge is 2.21. The van der Waals surface area contributed by atoms with E-state index < -0.39 is 0 Å². The zero-order valence-corrected chi connectivity index (χ0v) is 11.3. The standard InChI is InChI=1S/C13H15N5O2/c1-9-16-11(20-17-9)8-15-12(10-4-3-7-19-10)13-14-5-6-18(13)2/h3-7,12,15H,8H2,1-2H3. The van der Waals surface area contributed by atoms with Crippen molar-refractivity contribution in [2.75, 3.05) is 0 Å². The third kappa shape index (κ3) is 2.48. The number of aryl methyl sites for hydroxylation is 2. The Morgan fingerprint density at radius 3 is 2.95 bits per heavy atom. The number of aromatic nitrogens is 4. The Morgan fingerprint density at radius 1 is 1.45 bits per heavy atom. The second-order valence-corrected chi connectivity index (χ2v) is 4.46. The van der Waals surface area contributed by atoms with E-state index in [0.29, 0.717) is 18.3 Å². The summed E-state index contributed by atoms with van der Waals surface area (Å²) >= 11 is 0. The molecule has 7 nitrogen and oxygen atoms in total. The van der Waals surface area contributed by atoms with E-state index in [-0.39, 0.29) is 6.04 Å². The molecule has 3 aromatic heterocycles. The summed E-state index contributed by atoms with van der Waals surface area (Å²) in [4.78, 5) is 8.53. The summed E-state index contributed by atoms with van der Waals surface area (Å²) in [5, 5.41) is 7.09. The van der Waals surface area contributed by atoms with Crippen LogP contribution in [0.3, 0.4) is 0 Å². The van der Waals surface area contributed by atoms with Crippen LogP contribution in [0.25, 0.3) is 0 Å². The molecule has 0 spiro atoms. The molecule has 0 bridgehead atoms. The largest absolute Gasteiger partial charge is 0.467 e. The van der Waals surface area contributed by atoms with Crippen LogP contribution < -0.4 is 5.32 Å². The van der Waals surface area contributed by atoms with Crippen LogP contribution >= 0.6 is 0 Å². The topological polar surface area (TPSA) is 81.9 Å². The molecule has 1 atom stereocenters. The van der Waals surface area contributed by atoms with Crippen molar-refractivity contribution in [2.24, 2.45) is 7.05 Å². The Bertz CT molecular complexity index is 671. The minimum atomic E-state index is -0.169. The van der Waals surface area contributed by atoms with Crippen LogP contribution in [0, 0.1) is 6.92 Å². The van der Waals surface area contributed by atoms with Crippen molar-refractivity contribution in [1.29, 1.82) is 0 Å². The highest BCUT2D eigenvalue weighted by atomic mass is 16.5. The van der Waals surface area contributed by atoms with Gasteiger partial charge in [-0.3, -0.25) is 5.32 Å². The lowest BCUT2D eigenvalue weighted by molar-refractivity contribution is 0.348. The molecule has 1 N–H and O–H groups in total. The van der Waals surface area contributed by atoms with E-state index >= 15 is 0 Å². The molecule has 3 aromatic rings. The summed E-state index contributed by atoms with van der Waals surface area (Å²) in [5.41, 5.74) is 0. The van der Waals surface area contributed by atoms with Crippen LogP contribution in [0.4, 0.5) is 0 Å². The molecule has 7 heteroatoms. The first-order chi connectivity index (χ1) is 9.74. The normalized spacial score (nSPS) is 12.7. The SMILES string of the molecule is Cc1noc(CNC(c2ccco2)c2nccn2C)n1. The van der Waals surface area contributed by atoms with Crippen LogP contribution in [-0.2, 0) is 13.6 Å². The number of furan rings is 1. The van der Waals surface area contributed by atoms with E-state index in [9.17, 15) is 0 Å². The summed E-state index contributed by atoms with van der Waals surface area (Å²) in [6, 6.07) is 3.59. The Morgan fingerprint density at radius 2 is 2.35 bits per heavy atom. The summed E-state index contributed by atoms with van der Waals surface area (Å²) in [5.74, 6) is 2.80. The number of hydrogen-bond donors (Lipinski definition) is 1. The molecule has 3 heterocycles. The molecule has 1 unspecified atom stereocenters. The van der Waals surface area contributed by atoms with Crippen molar-refractivity contribution in [3.8, 4) is 0 Å². The molecule has 0 aliphatic heterocycles. The number of imidazole rings is 1. The Labute approximate surface area is 115 Å². The highest BCUT2D eigenvalue weighted by Crippen LogP contribution is 2.21. The lowest BCUT2D eigenvalue weighted by atomic mass is 10.2. The monoisotopic (exact) mass is 273 g/mol. The molecule has 0 aliphatic rings. The third-order valence-corrected chi connectivity index (χ3v) is 2.97. The van der Waals surface area contributed by atoms with Crippen molar-refractivity contribution in [3.05, 3.63) is 54.1 Å². The zero-order valence-electron chi connectivity index (χ0n) is 11.3. The van der Waals surface area contributed by atoms with Gasteiger partial charge >= 0.3 is 0 Å². The van der Waals surface area contributed by atoms with E-state index in [1.807, 2.05) is 29.9 Å². The average molecular weight is 273 g/mol. The van der Waals surface area contributed by atoms with Gasteiger partial charge in [-0.05, 0) is 19.1 Å². The summed E-state index contributed by atoms with van der Waals surface area (Å²) in [7, 11) is 1.94. The van der Waals surface area contributed by atoms with Gasteiger partial charge in [0.05, 0.1) is 12.8 Å². The van der Waals surface area contributed by atoms with Gasteiger partial charge in [0.15, 0.2) is 5.82 Å². The minimum Gasteiger partial charge on any atom is -0.467 e. The fourth-order valence-corrected chi connectivity index (χ4v) is 2.03. The van der Waals surface area contributed by atoms with Crippen LogP contribution in [0.1, 0.15) is 29.3 Å². The molecule has 0 radical (unpaired) electrons. The average Bonchev–Trinajstić information content (AvgIpc) is 3.14. The van der Waals surface area contributed by atoms with Gasteiger partial charge < -0.3 is 13.5 Å². The van der Waals surface area contributed by atoms with Crippen molar-refractivity contribution < 1.29 is 8.94 Å². The first-order valence-corrected chi connectivity index (χ1v) is 6.27. The number of hydrogen-bond acceptors (Lipinski definition) is 6. The number of rotatable bonds is 5. The van der Waals surface area contributed by atoms with E-state index in [4.69, 9.17) is 8.94 Å². The second kappa shape index (κ2) is 5.30. The van der Waals surface area contributed by atoms with Crippen molar-refractivity contribution >= 4 is 0 Å². The van der Waals surface area contributed by atoms with Gasteiger partial charge in [0.1, 0.15) is 17.6 Å². The molecule has 3 rings (SSSR count). The lowest BCUT2D eigenvalue weighted by Gasteiger charge is -2.15. The lowest BCUT2D eigenvalue weighted by Crippen LogP contribution is -2.24. The molecule has 0 saturated carbocycles. The summed E-state index contributed by atoms with van der Waals surface area (Å²) in [6.45, 7) is 2.23. The smallest absolute Gasteiger partial charge is 0.240 e. The molecule has 0 aliphatic carbocycles. The fourth-order valence-electron chi connectivity index (χ4n) is 2.03. The van der Waals surface area contributed by atoms with Crippen molar-refractivity contribution in [3.63, 3.8) is 0 Å². The summed E-state index contributed by atoms with van der Waals surface area (Å²) in [6.07, 6.45) is 5.29. The Balaban J connectivity index is 1.81. The molecule has 104 valence electrons. The van der Waals surface area contributed by atoms with E-state index in [1.54, 1.807) is 19.4 Å². The quantitative estimate of drug-likeness (QED) is 0.760. The van der Waals surface area contributed by atoms with Gasteiger partial charge in [0, 0.05) is 19.4 Å². The van der Waals surface area contributed by atoms with Crippen LogP contribution in [0.5, 0.6) is 0 Å². The predicted molar refractivity (Wildman–Crippen MR) is 69.6 cm³/mol. The van der Waals surface area contributed by atoms with Crippen molar-refractivity contribution in [1.82, 2.24) is 25.0 Å². The molecular weight excluding hydrogens is 258 g/mol. The number of nitrogens with one attached hydrogen (secondary N) is 1. The zero-order chi connectivity index (χ0) is 13.9. The van der Waals surface area contributed by atoms with Gasteiger partial charge in [0.25, 0.3) is 0 Å². The Kier molecular flexibility index (Phi) is 3.34. The molecule has 0 fully saturated rings. The van der Waals surface area contributed by atoms with E-state index in [2.05, 4.69) is 20.4 Å². The molecular formula is C13H15N5O2. The van der Waals surface area contributed by atoms with Crippen molar-refractivity contribution in [2.45, 2.75) is 19.5 Å². The third-order valence-electron chi connectivity index (χ3n) is 2.97. The van der Waals surface area contributed by atoms with Crippen LogP contribution in [0.2, 0.25) is 0 Å². The maximum atomic E-state index is 5.49. The number of nitrogens with zero attached hydrogens (tertiary/aromatic N) is 4. The van der Waals surface area contributed by atoms with Gasteiger partial charge in [-0.2, -0.15) is 4.98 Å². The second-order valence-electron chi connectivity index (χ2n) is 4.46. The van der Waals surface area contributed by atoms with Gasteiger partial charge in [-0.25, -0.2) is 4.98 Å². The highest BCUT2D eigenvalue weighted by molar-refractivity contribution is 5.15. The van der Waals surface area contributed by atoms with Gasteiger partial charge in [0.2, 0.25) is 5.89 Å². The molecule has 20 heavy (non-hydrogen) atoms. The maximum absolute atomic E-state index is 5.49. The first-order valence-electron chi connectivity index (χ1n) is 6.27. The minimum absolute atomic E-state index is 0.169. The molecule has 0 saturated heterocycles. The van der Waals surface area contributed by atoms with E-state index in [1.165, 1.54) is 0 Å².